The smallest absolute Gasteiger partial charge is 0.406 e. The Balaban J connectivity index is 1.59. The van der Waals surface area contributed by atoms with Crippen molar-refractivity contribution in [2.75, 3.05) is 44.3 Å². The number of alkyl halides is 3. The molecule has 0 radical (unpaired) electrons. The number of fused-ring (bicyclic) bond motifs is 1. The maximum Gasteiger partial charge on any atom is 0.573 e. The van der Waals surface area contributed by atoms with Gasteiger partial charge in [-0.05, 0) is 23.8 Å². The van der Waals surface area contributed by atoms with E-state index < -0.39 is 6.36 Å². The van der Waals surface area contributed by atoms with E-state index in [-0.39, 0.29) is 18.1 Å². The first-order valence-corrected chi connectivity index (χ1v) is 11.5. The van der Waals surface area contributed by atoms with Crippen LogP contribution in [0.3, 0.4) is 0 Å². The molecule has 4 rings (SSSR count). The summed E-state index contributed by atoms with van der Waals surface area (Å²) in [5.74, 6) is -0.519. The van der Waals surface area contributed by atoms with Crippen LogP contribution in [0.25, 0.3) is 10.2 Å². The predicted octanol–water partition coefficient (Wildman–Crippen LogP) is 4.76. The number of nitrogens with zero attached hydrogens (tertiary/aromatic N) is 3. The Bertz CT molecular complexity index is 1120. The number of anilines is 1. The van der Waals surface area contributed by atoms with Crippen molar-refractivity contribution < 1.29 is 27.4 Å². The zero-order valence-corrected chi connectivity index (χ0v) is 19.1. The molecule has 0 spiro atoms. The number of ether oxygens (including phenoxy) is 2. The number of hydrogen-bond donors (Lipinski definition) is 0. The van der Waals surface area contributed by atoms with E-state index >= 15 is 0 Å². The van der Waals surface area contributed by atoms with Crippen molar-refractivity contribution in [3.8, 4) is 5.75 Å². The van der Waals surface area contributed by atoms with Crippen LogP contribution in [0.1, 0.15) is 5.56 Å². The molecular formula is C22H21ClF3N3O3S. The molecule has 176 valence electrons. The molecule has 33 heavy (non-hydrogen) atoms. The molecule has 1 amide bonds. The molecule has 0 atom stereocenters. The van der Waals surface area contributed by atoms with Gasteiger partial charge in [-0.1, -0.05) is 41.1 Å². The molecule has 1 fully saturated rings. The summed E-state index contributed by atoms with van der Waals surface area (Å²) in [4.78, 5) is 21.6. The first-order valence-electron chi connectivity index (χ1n) is 10.3. The fourth-order valence-electron chi connectivity index (χ4n) is 3.50. The third kappa shape index (κ3) is 6.35. The number of aromatic nitrogens is 1. The zero-order chi connectivity index (χ0) is 23.4. The van der Waals surface area contributed by atoms with E-state index in [2.05, 4.69) is 14.6 Å². The lowest BCUT2D eigenvalue weighted by molar-refractivity contribution is -0.274. The van der Waals surface area contributed by atoms with Crippen LogP contribution in [0.2, 0.25) is 5.02 Å². The molecule has 0 unspecified atom stereocenters. The normalized spacial score (nSPS) is 15.0. The second-order valence-electron chi connectivity index (χ2n) is 7.44. The second-order valence-corrected chi connectivity index (χ2v) is 8.86. The van der Waals surface area contributed by atoms with Gasteiger partial charge in [-0.2, -0.15) is 0 Å². The van der Waals surface area contributed by atoms with Crippen LogP contribution in [-0.4, -0.2) is 61.5 Å². The average Bonchev–Trinajstić information content (AvgIpc) is 3.18. The van der Waals surface area contributed by atoms with Gasteiger partial charge < -0.3 is 9.47 Å². The van der Waals surface area contributed by atoms with Crippen molar-refractivity contribution >= 4 is 44.2 Å². The Labute approximate surface area is 197 Å². The minimum absolute atomic E-state index is 0.0845. The predicted molar refractivity (Wildman–Crippen MR) is 121 cm³/mol. The number of rotatable bonds is 7. The topological polar surface area (TPSA) is 54.9 Å². The average molecular weight is 500 g/mol. The minimum Gasteiger partial charge on any atom is -0.406 e. The van der Waals surface area contributed by atoms with Crippen molar-refractivity contribution in [3.05, 3.63) is 53.1 Å². The zero-order valence-electron chi connectivity index (χ0n) is 17.5. The summed E-state index contributed by atoms with van der Waals surface area (Å²) >= 11 is 7.39. The van der Waals surface area contributed by atoms with Crippen molar-refractivity contribution in [2.45, 2.75) is 12.8 Å². The number of carbonyl (C=O) groups excluding carboxylic acids is 1. The molecule has 11 heteroatoms. The quantitative estimate of drug-likeness (QED) is 0.469. The van der Waals surface area contributed by atoms with Crippen LogP contribution in [0.4, 0.5) is 18.3 Å². The molecule has 1 aliphatic heterocycles. The van der Waals surface area contributed by atoms with Gasteiger partial charge in [0.1, 0.15) is 5.75 Å². The number of morpholine rings is 1. The minimum atomic E-state index is -4.78. The number of hydrogen-bond acceptors (Lipinski definition) is 6. The molecule has 1 saturated heterocycles. The van der Waals surface area contributed by atoms with E-state index in [0.29, 0.717) is 52.2 Å². The Hall–Kier alpha value is -2.40. The van der Waals surface area contributed by atoms with Crippen LogP contribution < -0.4 is 9.64 Å². The fourth-order valence-corrected chi connectivity index (χ4v) is 4.74. The molecule has 0 N–H and O–H groups in total. The van der Waals surface area contributed by atoms with Gasteiger partial charge in [-0.15, -0.1) is 13.2 Å². The lowest BCUT2D eigenvalue weighted by atomic mass is 10.1. The third-order valence-electron chi connectivity index (χ3n) is 5.16. The molecule has 6 nitrogen and oxygen atoms in total. The maximum absolute atomic E-state index is 13.3. The number of carbonyl (C=O) groups is 1. The Morgan fingerprint density at radius 3 is 2.70 bits per heavy atom. The van der Waals surface area contributed by atoms with Crippen LogP contribution in [0, 0.1) is 0 Å². The molecule has 2 heterocycles. The van der Waals surface area contributed by atoms with E-state index in [9.17, 15) is 18.0 Å². The molecule has 0 aliphatic carbocycles. The third-order valence-corrected chi connectivity index (χ3v) is 6.57. The highest BCUT2D eigenvalue weighted by molar-refractivity contribution is 7.22. The summed E-state index contributed by atoms with van der Waals surface area (Å²) < 4.78 is 47.6. The van der Waals surface area contributed by atoms with Crippen molar-refractivity contribution in [2.24, 2.45) is 0 Å². The molecule has 1 aliphatic rings. The van der Waals surface area contributed by atoms with E-state index in [1.807, 2.05) is 6.07 Å². The number of thiazole rings is 1. The van der Waals surface area contributed by atoms with Crippen LogP contribution in [-0.2, 0) is 16.0 Å². The van der Waals surface area contributed by atoms with Gasteiger partial charge >= 0.3 is 6.36 Å². The van der Waals surface area contributed by atoms with E-state index in [1.165, 1.54) is 18.2 Å². The summed E-state index contributed by atoms with van der Waals surface area (Å²) in [6, 6.07) is 11.1. The molecule has 0 saturated carbocycles. The molecule has 3 aromatic rings. The van der Waals surface area contributed by atoms with Gasteiger partial charge in [0.2, 0.25) is 5.91 Å². The summed E-state index contributed by atoms with van der Waals surface area (Å²) in [5, 5.41) is 0.914. The van der Waals surface area contributed by atoms with Crippen LogP contribution >= 0.6 is 22.9 Å². The van der Waals surface area contributed by atoms with E-state index in [1.54, 1.807) is 23.1 Å². The van der Waals surface area contributed by atoms with E-state index in [0.717, 1.165) is 24.4 Å². The Morgan fingerprint density at radius 2 is 1.97 bits per heavy atom. The molecular weight excluding hydrogens is 479 g/mol. The Kier molecular flexibility index (Phi) is 7.38. The summed E-state index contributed by atoms with van der Waals surface area (Å²) in [6.45, 7) is 3.81. The largest absolute Gasteiger partial charge is 0.573 e. The Morgan fingerprint density at radius 1 is 1.21 bits per heavy atom. The SMILES string of the molecule is O=C(Cc1ccccc1Cl)N(CCN1CCOCC1)c1nc2ccc(OC(F)(F)F)cc2s1. The van der Waals surface area contributed by atoms with Crippen LogP contribution in [0.5, 0.6) is 5.75 Å². The second kappa shape index (κ2) is 10.3. The van der Waals surface area contributed by atoms with Gasteiger partial charge in [-0.25, -0.2) is 4.98 Å². The lowest BCUT2D eigenvalue weighted by Gasteiger charge is -2.29. The standard InChI is InChI=1S/C22H21ClF3N3O3S/c23-17-4-2-1-3-15(17)13-20(30)29(8-7-28-9-11-31-12-10-28)21-27-18-6-5-16(14-19(18)33-21)32-22(24,25)26/h1-6,14H,7-13H2. The van der Waals surface area contributed by atoms with Crippen molar-refractivity contribution in [1.82, 2.24) is 9.88 Å². The van der Waals surface area contributed by atoms with Gasteiger partial charge in [0.25, 0.3) is 0 Å². The number of amides is 1. The summed E-state index contributed by atoms with van der Waals surface area (Å²) in [5.41, 5.74) is 1.19. The lowest BCUT2D eigenvalue weighted by Crippen LogP contribution is -2.43. The molecule has 2 aromatic carbocycles. The highest BCUT2D eigenvalue weighted by atomic mass is 35.5. The molecule has 0 bridgehead atoms. The summed E-state index contributed by atoms with van der Waals surface area (Å²) in [6.07, 6.45) is -4.70. The summed E-state index contributed by atoms with van der Waals surface area (Å²) in [7, 11) is 0. The fraction of sp³-hybridized carbons (Fsp3) is 0.364. The van der Waals surface area contributed by atoms with Gasteiger partial charge in [-0.3, -0.25) is 14.6 Å². The first-order chi connectivity index (χ1) is 15.8. The maximum atomic E-state index is 13.3. The first kappa shape index (κ1) is 23.7. The van der Waals surface area contributed by atoms with E-state index in [4.69, 9.17) is 16.3 Å². The highest BCUT2D eigenvalue weighted by Crippen LogP contribution is 2.33. The van der Waals surface area contributed by atoms with Gasteiger partial charge in [0.05, 0.1) is 29.9 Å². The van der Waals surface area contributed by atoms with Crippen LogP contribution in [0.15, 0.2) is 42.5 Å². The molecule has 1 aromatic heterocycles. The van der Waals surface area contributed by atoms with Gasteiger partial charge in [0, 0.05) is 37.3 Å². The highest BCUT2D eigenvalue weighted by Gasteiger charge is 2.31. The van der Waals surface area contributed by atoms with Crippen molar-refractivity contribution in [1.29, 1.82) is 0 Å². The van der Waals surface area contributed by atoms with Gasteiger partial charge in [0.15, 0.2) is 5.13 Å². The van der Waals surface area contributed by atoms with Crippen molar-refractivity contribution in [3.63, 3.8) is 0 Å². The number of benzene rings is 2. The number of halogens is 4. The monoisotopic (exact) mass is 499 g/mol.